The first-order valence-electron chi connectivity index (χ1n) is 18.8. The summed E-state index contributed by atoms with van der Waals surface area (Å²) in [4.78, 5) is 45.5. The van der Waals surface area contributed by atoms with Crippen LogP contribution in [0.4, 0.5) is 15.5 Å². The van der Waals surface area contributed by atoms with E-state index in [0.29, 0.717) is 36.6 Å². The van der Waals surface area contributed by atoms with E-state index in [1.807, 2.05) is 55.5 Å². The second-order valence-corrected chi connectivity index (χ2v) is 19.3. The molecule has 3 aliphatic heterocycles. The van der Waals surface area contributed by atoms with Crippen molar-refractivity contribution in [2.45, 2.75) is 96.7 Å². The molecule has 0 aliphatic carbocycles. The number of halogens is 1. The predicted octanol–water partition coefficient (Wildman–Crippen LogP) is 6.85. The smallest absolute Gasteiger partial charge is 0.264 e. The summed E-state index contributed by atoms with van der Waals surface area (Å²) < 4.78 is 23.5. The maximum atomic E-state index is 16.6. The molecule has 1 unspecified atom stereocenters. The molecular weight excluding hydrogens is 676 g/mol. The Labute approximate surface area is 309 Å². The Bertz CT molecular complexity index is 1650. The standard InChI is InChI=1S/C41H57FN4O5Si/c1-28(2)12-10-13-29(3)19-21-46-35-18-17-33(44-39(49)32-16-11-20-43-26-32)24-34(35)41(40(46)50)30(4)38(52(5,6)42)36(51-41)25-37(48)45(22-23-47)27-31-14-8-7-9-15-31/h7-9,12,14-15,17-19,24,30,32,36,38,43,47H,10-11,13,16,20-23,25-27H2,1-6H3,(H,44,49)/b29-19+/t30-,32?,36+,38-,41+/m1/s1. The molecule has 1 spiro atoms. The van der Waals surface area contributed by atoms with Crippen LogP contribution in [0.1, 0.15) is 70.9 Å². The van der Waals surface area contributed by atoms with Gasteiger partial charge in [-0.15, -0.1) is 0 Å². The average molecular weight is 733 g/mol. The molecule has 9 nitrogen and oxygen atoms in total. The van der Waals surface area contributed by atoms with Gasteiger partial charge in [0.2, 0.25) is 20.2 Å². The highest BCUT2D eigenvalue weighted by Gasteiger charge is 2.67. The van der Waals surface area contributed by atoms with Crippen LogP contribution in [0.15, 0.2) is 71.8 Å². The number of piperidine rings is 1. The zero-order valence-electron chi connectivity index (χ0n) is 31.7. The molecule has 2 aromatic rings. The first-order valence-corrected chi connectivity index (χ1v) is 21.8. The van der Waals surface area contributed by atoms with Crippen molar-refractivity contribution in [3.8, 4) is 0 Å². The van der Waals surface area contributed by atoms with Gasteiger partial charge >= 0.3 is 0 Å². The maximum absolute atomic E-state index is 16.6. The number of fused-ring (bicyclic) bond motifs is 2. The minimum Gasteiger partial charge on any atom is -0.395 e. The third-order valence-corrected chi connectivity index (χ3v) is 13.4. The van der Waals surface area contributed by atoms with Crippen molar-refractivity contribution in [2.75, 3.05) is 43.0 Å². The molecule has 3 amide bonds. The van der Waals surface area contributed by atoms with E-state index in [1.54, 1.807) is 22.9 Å². The molecule has 0 bridgehead atoms. The van der Waals surface area contributed by atoms with E-state index in [9.17, 15) is 19.5 Å². The van der Waals surface area contributed by atoms with Gasteiger partial charge in [-0.2, -0.15) is 0 Å². The van der Waals surface area contributed by atoms with Crippen LogP contribution in [0.3, 0.4) is 0 Å². The summed E-state index contributed by atoms with van der Waals surface area (Å²) in [6, 6.07) is 15.0. The van der Waals surface area contributed by atoms with E-state index in [1.165, 1.54) is 5.57 Å². The molecule has 5 atom stereocenters. The van der Waals surface area contributed by atoms with E-state index < -0.39 is 31.6 Å². The number of carbonyl (C=O) groups excluding carboxylic acids is 3. The predicted molar refractivity (Wildman–Crippen MR) is 207 cm³/mol. The van der Waals surface area contributed by atoms with Gasteiger partial charge < -0.3 is 34.4 Å². The van der Waals surface area contributed by atoms with Crippen LogP contribution in [0, 0.1) is 11.8 Å². The zero-order chi connectivity index (χ0) is 37.6. The molecule has 3 aliphatic rings. The Balaban J connectivity index is 1.50. The van der Waals surface area contributed by atoms with Crippen LogP contribution in [0.5, 0.6) is 0 Å². The third-order valence-electron chi connectivity index (χ3n) is 10.9. The van der Waals surface area contributed by atoms with Crippen LogP contribution in [0.2, 0.25) is 18.6 Å². The first kappa shape index (κ1) is 39.6. The number of anilines is 2. The molecule has 3 N–H and O–H groups in total. The number of rotatable bonds is 14. The number of nitrogens with one attached hydrogen (secondary N) is 2. The molecule has 2 saturated heterocycles. The lowest BCUT2D eigenvalue weighted by Gasteiger charge is -2.31. The van der Waals surface area contributed by atoms with Crippen molar-refractivity contribution in [3.63, 3.8) is 0 Å². The van der Waals surface area contributed by atoms with Gasteiger partial charge in [0.25, 0.3) is 5.91 Å². The van der Waals surface area contributed by atoms with Crippen molar-refractivity contribution >= 4 is 37.5 Å². The Morgan fingerprint density at radius 1 is 1.15 bits per heavy atom. The highest BCUT2D eigenvalue weighted by atomic mass is 28.4. The number of benzene rings is 2. The molecule has 52 heavy (non-hydrogen) atoms. The maximum Gasteiger partial charge on any atom is 0.264 e. The van der Waals surface area contributed by atoms with Gasteiger partial charge in [0.1, 0.15) is 0 Å². The number of hydrogen-bond acceptors (Lipinski definition) is 6. The van der Waals surface area contributed by atoms with E-state index in [4.69, 9.17) is 4.74 Å². The van der Waals surface area contributed by atoms with E-state index in [2.05, 4.69) is 43.6 Å². The molecular formula is C41H57FN4O5Si. The summed E-state index contributed by atoms with van der Waals surface area (Å²) in [5.41, 5.74) is 2.92. The van der Waals surface area contributed by atoms with E-state index >= 15 is 4.11 Å². The van der Waals surface area contributed by atoms with E-state index in [-0.39, 0.29) is 43.2 Å². The summed E-state index contributed by atoms with van der Waals surface area (Å²) in [5, 5.41) is 16.2. The van der Waals surface area contributed by atoms with Gasteiger partial charge in [0.15, 0.2) is 5.60 Å². The fourth-order valence-corrected chi connectivity index (χ4v) is 10.8. The fourth-order valence-electron chi connectivity index (χ4n) is 8.28. The lowest BCUT2D eigenvalue weighted by molar-refractivity contribution is -0.149. The molecule has 3 heterocycles. The van der Waals surface area contributed by atoms with Crippen LogP contribution in [-0.4, -0.2) is 75.0 Å². The summed E-state index contributed by atoms with van der Waals surface area (Å²) in [6.45, 7) is 13.3. The van der Waals surface area contributed by atoms with Crippen molar-refractivity contribution in [3.05, 3.63) is 83.0 Å². The Morgan fingerprint density at radius 2 is 1.90 bits per heavy atom. The summed E-state index contributed by atoms with van der Waals surface area (Å²) in [5.74, 6) is -1.39. The molecule has 11 heteroatoms. The second kappa shape index (κ2) is 17.0. The van der Waals surface area contributed by atoms with Crippen LogP contribution in [0.25, 0.3) is 0 Å². The largest absolute Gasteiger partial charge is 0.395 e. The monoisotopic (exact) mass is 732 g/mol. The topological polar surface area (TPSA) is 111 Å². The molecule has 0 radical (unpaired) electrons. The van der Waals surface area contributed by atoms with Crippen molar-refractivity contribution in [2.24, 2.45) is 11.8 Å². The lowest BCUT2D eigenvalue weighted by Crippen LogP contribution is -2.45. The number of ether oxygens (including phenoxy) is 1. The van der Waals surface area contributed by atoms with Crippen LogP contribution < -0.4 is 15.5 Å². The Kier molecular flexibility index (Phi) is 12.9. The van der Waals surface area contributed by atoms with Crippen molar-refractivity contribution in [1.29, 1.82) is 0 Å². The zero-order valence-corrected chi connectivity index (χ0v) is 32.7. The Morgan fingerprint density at radius 3 is 2.56 bits per heavy atom. The third kappa shape index (κ3) is 8.76. The number of carbonyl (C=O) groups is 3. The summed E-state index contributed by atoms with van der Waals surface area (Å²) in [6.07, 6.45) is 6.76. The number of nitrogens with zero attached hydrogens (tertiary/aromatic N) is 2. The van der Waals surface area contributed by atoms with E-state index in [0.717, 1.165) is 43.4 Å². The lowest BCUT2D eigenvalue weighted by atomic mass is 9.82. The SMILES string of the molecule is CC(C)=CCC/C(C)=C/CN1C(=O)[C@@]2(O[C@@H](CC(=O)N(CCO)Cc3ccccc3)[C@H]([Si](C)(C)F)[C@H]2C)c2cc(NC(=O)C3CCCNC3)ccc21. The van der Waals surface area contributed by atoms with Gasteiger partial charge in [0.05, 0.1) is 30.7 Å². The van der Waals surface area contributed by atoms with Gasteiger partial charge in [-0.1, -0.05) is 60.6 Å². The second-order valence-electron chi connectivity index (χ2n) is 15.6. The number of aliphatic hydroxyl groups is 1. The molecule has 2 aromatic carbocycles. The molecule has 282 valence electrons. The number of amides is 3. The Hall–Kier alpha value is -3.64. The highest BCUT2D eigenvalue weighted by molar-refractivity contribution is 6.72. The molecule has 2 fully saturated rings. The highest BCUT2D eigenvalue weighted by Crippen LogP contribution is 2.60. The van der Waals surface area contributed by atoms with Crippen LogP contribution >= 0.6 is 0 Å². The normalized spacial score (nSPS) is 24.6. The van der Waals surface area contributed by atoms with Crippen LogP contribution in [-0.2, 0) is 31.3 Å². The quantitative estimate of drug-likeness (QED) is 0.111. The average Bonchev–Trinajstić information content (AvgIpc) is 3.53. The van der Waals surface area contributed by atoms with Crippen molar-refractivity contribution < 1.29 is 28.3 Å². The van der Waals surface area contributed by atoms with Gasteiger partial charge in [-0.25, -0.2) is 0 Å². The number of aliphatic hydroxyl groups excluding tert-OH is 1. The summed E-state index contributed by atoms with van der Waals surface area (Å²) >= 11 is 0. The van der Waals surface area contributed by atoms with Gasteiger partial charge in [0, 0.05) is 48.9 Å². The van der Waals surface area contributed by atoms with Gasteiger partial charge in [-0.3, -0.25) is 14.4 Å². The molecule has 0 saturated carbocycles. The van der Waals surface area contributed by atoms with Crippen molar-refractivity contribution in [1.82, 2.24) is 10.2 Å². The first-order chi connectivity index (χ1) is 24.8. The molecule has 0 aromatic heterocycles. The number of hydrogen-bond donors (Lipinski definition) is 3. The minimum atomic E-state index is -3.54. The summed E-state index contributed by atoms with van der Waals surface area (Å²) in [7, 11) is -3.54. The fraction of sp³-hybridized carbons (Fsp3) is 0.537. The molecule has 5 rings (SSSR count). The minimum absolute atomic E-state index is 0.0845. The number of allylic oxidation sites excluding steroid dienone is 3. The van der Waals surface area contributed by atoms with Gasteiger partial charge in [-0.05, 0) is 89.9 Å².